The van der Waals surface area contributed by atoms with Gasteiger partial charge in [-0.2, -0.15) is 17.2 Å². The first kappa shape index (κ1) is 13.8. The zero-order valence-electron chi connectivity index (χ0n) is 8.90. The van der Waals surface area contributed by atoms with Crippen LogP contribution in [0.3, 0.4) is 0 Å². The van der Waals surface area contributed by atoms with Gasteiger partial charge in [-0.1, -0.05) is 19.3 Å². The van der Waals surface area contributed by atoms with Gasteiger partial charge < -0.3 is 5.73 Å². The number of halogens is 2. The van der Waals surface area contributed by atoms with E-state index in [1.165, 1.54) is 0 Å². The van der Waals surface area contributed by atoms with Crippen LogP contribution >= 0.6 is 0 Å². The fraction of sp³-hybridized carbons (Fsp3) is 1.00. The zero-order chi connectivity index (χ0) is 12.4. The average molecular weight is 257 g/mol. The van der Waals surface area contributed by atoms with Crippen LogP contribution in [-0.4, -0.2) is 24.3 Å². The molecule has 7 heteroatoms. The van der Waals surface area contributed by atoms with E-state index in [-0.39, 0.29) is 5.92 Å². The zero-order valence-corrected chi connectivity index (χ0v) is 9.72. The predicted molar refractivity (Wildman–Crippen MR) is 55.7 cm³/mol. The summed E-state index contributed by atoms with van der Waals surface area (Å²) >= 11 is 0. The third-order valence-corrected chi connectivity index (χ3v) is 4.03. The van der Waals surface area contributed by atoms with Gasteiger partial charge in [0.25, 0.3) is 0 Å². The van der Waals surface area contributed by atoms with Crippen LogP contribution in [0.4, 0.5) is 8.78 Å². The van der Waals surface area contributed by atoms with E-state index in [0.29, 0.717) is 0 Å². The lowest BCUT2D eigenvalue weighted by molar-refractivity contribution is 0.0537. The van der Waals surface area contributed by atoms with Crippen molar-refractivity contribution in [2.24, 2.45) is 11.7 Å². The summed E-state index contributed by atoms with van der Waals surface area (Å²) in [5, 5.41) is -4.14. The Hall–Kier alpha value is -0.270. The van der Waals surface area contributed by atoms with Gasteiger partial charge in [0.05, 0.1) is 0 Å². The Balaban J connectivity index is 2.59. The monoisotopic (exact) mass is 257 g/mol. The van der Waals surface area contributed by atoms with Gasteiger partial charge >= 0.3 is 15.4 Å². The Kier molecular flexibility index (Phi) is 4.25. The molecule has 0 aliphatic heterocycles. The van der Waals surface area contributed by atoms with Crippen molar-refractivity contribution in [1.82, 2.24) is 0 Å². The third-order valence-electron chi connectivity index (χ3n) is 3.11. The molecule has 1 atom stereocenters. The molecule has 0 spiro atoms. The van der Waals surface area contributed by atoms with Crippen LogP contribution in [0, 0.1) is 5.92 Å². The number of hydrogen-bond acceptors (Lipinski definition) is 3. The Bertz CT molecular complexity index is 326. The maximum absolute atomic E-state index is 13.0. The number of alkyl halides is 2. The van der Waals surface area contributed by atoms with E-state index in [2.05, 4.69) is 0 Å². The van der Waals surface area contributed by atoms with E-state index in [1.807, 2.05) is 0 Å². The van der Waals surface area contributed by atoms with Gasteiger partial charge in [-0.3, -0.25) is 4.55 Å². The predicted octanol–water partition coefficient (Wildman–Crippen LogP) is 1.76. The molecule has 1 rings (SSSR count). The van der Waals surface area contributed by atoms with E-state index in [9.17, 15) is 17.2 Å². The second-order valence-corrected chi connectivity index (χ2v) is 5.93. The molecule has 0 saturated heterocycles. The molecule has 16 heavy (non-hydrogen) atoms. The molecule has 1 aliphatic carbocycles. The Morgan fingerprint density at radius 3 is 2.25 bits per heavy atom. The highest BCUT2D eigenvalue weighted by Gasteiger charge is 2.46. The Morgan fingerprint density at radius 2 is 1.81 bits per heavy atom. The lowest BCUT2D eigenvalue weighted by Gasteiger charge is -2.29. The van der Waals surface area contributed by atoms with Gasteiger partial charge in [0, 0.05) is 12.5 Å². The minimum atomic E-state index is -5.35. The van der Waals surface area contributed by atoms with Gasteiger partial charge in [0.1, 0.15) is 0 Å². The maximum Gasteiger partial charge on any atom is 0.371 e. The fourth-order valence-corrected chi connectivity index (χ4v) is 2.51. The van der Waals surface area contributed by atoms with Gasteiger partial charge in [0.15, 0.2) is 0 Å². The summed E-state index contributed by atoms with van der Waals surface area (Å²) in [7, 11) is -5.35. The van der Waals surface area contributed by atoms with E-state index in [1.54, 1.807) is 0 Å². The number of hydrogen-bond donors (Lipinski definition) is 2. The molecule has 4 nitrogen and oxygen atoms in total. The first-order valence-corrected chi connectivity index (χ1v) is 6.78. The van der Waals surface area contributed by atoms with Crippen molar-refractivity contribution in [3.8, 4) is 0 Å². The largest absolute Gasteiger partial charge is 0.371 e. The molecule has 0 bridgehead atoms. The molecule has 0 aromatic rings. The average Bonchev–Trinajstić information content (AvgIpc) is 2.16. The molecule has 1 fully saturated rings. The molecule has 1 aliphatic rings. The Labute approximate surface area is 94.0 Å². The summed E-state index contributed by atoms with van der Waals surface area (Å²) in [6, 6.07) is -0.878. The van der Waals surface area contributed by atoms with E-state index < -0.39 is 27.8 Å². The minimum absolute atomic E-state index is 0.0682. The highest BCUT2D eigenvalue weighted by atomic mass is 32.2. The van der Waals surface area contributed by atoms with Crippen molar-refractivity contribution >= 4 is 10.1 Å². The van der Waals surface area contributed by atoms with Crippen LogP contribution in [0.15, 0.2) is 0 Å². The van der Waals surface area contributed by atoms with Crippen LogP contribution in [-0.2, 0) is 10.1 Å². The van der Waals surface area contributed by atoms with E-state index in [4.69, 9.17) is 10.3 Å². The molecule has 0 radical (unpaired) electrons. The van der Waals surface area contributed by atoms with Crippen LogP contribution < -0.4 is 5.73 Å². The van der Waals surface area contributed by atoms with Gasteiger partial charge in [0.2, 0.25) is 0 Å². The molecule has 3 N–H and O–H groups in total. The first-order chi connectivity index (χ1) is 7.24. The van der Waals surface area contributed by atoms with Crippen LogP contribution in [0.5, 0.6) is 0 Å². The van der Waals surface area contributed by atoms with Crippen molar-refractivity contribution in [2.75, 3.05) is 0 Å². The topological polar surface area (TPSA) is 80.4 Å². The molecular weight excluding hydrogens is 240 g/mol. The van der Waals surface area contributed by atoms with Gasteiger partial charge in [-0.15, -0.1) is 0 Å². The molecule has 1 unspecified atom stereocenters. The lowest BCUT2D eigenvalue weighted by Crippen LogP contribution is -2.41. The third kappa shape index (κ3) is 3.36. The molecule has 0 heterocycles. The smallest absolute Gasteiger partial charge is 0.327 e. The highest BCUT2D eigenvalue weighted by molar-refractivity contribution is 7.86. The van der Waals surface area contributed by atoms with Crippen LogP contribution in [0.25, 0.3) is 0 Å². The van der Waals surface area contributed by atoms with Crippen LogP contribution in [0.2, 0.25) is 0 Å². The molecule has 0 aromatic carbocycles. The summed E-state index contributed by atoms with van der Waals surface area (Å²) in [5.41, 5.74) is 5.58. The summed E-state index contributed by atoms with van der Waals surface area (Å²) < 4.78 is 55.2. The molecule has 96 valence electrons. The van der Waals surface area contributed by atoms with Crippen LogP contribution in [0.1, 0.15) is 38.5 Å². The SMILES string of the molecule is NC(CC(F)(F)S(=O)(=O)O)C1CCCCC1. The minimum Gasteiger partial charge on any atom is -0.327 e. The van der Waals surface area contributed by atoms with E-state index >= 15 is 0 Å². The van der Waals surface area contributed by atoms with Crippen molar-refractivity contribution in [2.45, 2.75) is 49.8 Å². The second kappa shape index (κ2) is 4.93. The second-order valence-electron chi connectivity index (χ2n) is 4.38. The quantitative estimate of drug-likeness (QED) is 0.752. The van der Waals surface area contributed by atoms with Crippen molar-refractivity contribution in [3.05, 3.63) is 0 Å². The van der Waals surface area contributed by atoms with Gasteiger partial charge in [-0.05, 0) is 18.8 Å². The van der Waals surface area contributed by atoms with Crippen molar-refractivity contribution < 1.29 is 21.8 Å². The fourth-order valence-electron chi connectivity index (χ4n) is 2.11. The van der Waals surface area contributed by atoms with E-state index in [0.717, 1.165) is 32.1 Å². The summed E-state index contributed by atoms with van der Waals surface area (Å²) in [6.07, 6.45) is 3.45. The maximum atomic E-state index is 13.0. The summed E-state index contributed by atoms with van der Waals surface area (Å²) in [4.78, 5) is 0. The highest BCUT2D eigenvalue weighted by Crippen LogP contribution is 2.32. The normalized spacial score (nSPS) is 22.0. The van der Waals surface area contributed by atoms with Gasteiger partial charge in [-0.25, -0.2) is 0 Å². The molecule has 1 saturated carbocycles. The molecule has 0 amide bonds. The number of rotatable bonds is 4. The lowest BCUT2D eigenvalue weighted by atomic mass is 9.83. The molecule has 0 aromatic heterocycles. The number of nitrogens with two attached hydrogens (primary N) is 1. The summed E-state index contributed by atoms with van der Waals surface area (Å²) in [5.74, 6) is -0.0682. The Morgan fingerprint density at radius 1 is 1.31 bits per heavy atom. The van der Waals surface area contributed by atoms with Crippen molar-refractivity contribution in [3.63, 3.8) is 0 Å². The molecular formula is C9H17F2NO3S. The van der Waals surface area contributed by atoms with Crippen molar-refractivity contribution in [1.29, 1.82) is 0 Å². The summed E-state index contributed by atoms with van der Waals surface area (Å²) in [6.45, 7) is 0. The standard InChI is InChI=1S/C9H17F2NO3S/c10-9(11,16(13,14)15)6-8(12)7-4-2-1-3-5-7/h7-8H,1-6,12H2,(H,13,14,15). The first-order valence-electron chi connectivity index (χ1n) is 5.34.